The van der Waals surface area contributed by atoms with E-state index < -0.39 is 11.9 Å². The van der Waals surface area contributed by atoms with E-state index in [9.17, 15) is 9.59 Å². The van der Waals surface area contributed by atoms with Crippen LogP contribution < -0.4 is 16.4 Å². The summed E-state index contributed by atoms with van der Waals surface area (Å²) in [6, 6.07) is -0.957. The molecule has 0 aromatic carbocycles. The minimum absolute atomic E-state index is 0.00579. The van der Waals surface area contributed by atoms with Crippen LogP contribution in [0.2, 0.25) is 0 Å². The maximum Gasteiger partial charge on any atom is 0.318 e. The third-order valence-electron chi connectivity index (χ3n) is 2.35. The Hall–Kier alpha value is -1.89. The molecule has 0 fully saturated rings. The molecule has 0 radical (unpaired) electrons. The maximum absolute atomic E-state index is 11.2. The van der Waals surface area contributed by atoms with Crippen LogP contribution in [-0.2, 0) is 4.79 Å². The van der Waals surface area contributed by atoms with Gasteiger partial charge in [-0.25, -0.2) is 4.79 Å². The molecule has 0 aliphatic rings. The molecule has 94 valence electrons. The largest absolute Gasteiger partial charge is 0.361 e. The lowest BCUT2D eigenvalue weighted by molar-refractivity contribution is -0.119. The Kier molecular flexibility index (Phi) is 4.22. The number of carbonyl (C=O) groups excluding carboxylic acids is 2. The molecule has 7 heteroatoms. The van der Waals surface area contributed by atoms with Crippen LogP contribution in [0, 0.1) is 13.8 Å². The molecule has 0 saturated heterocycles. The van der Waals surface area contributed by atoms with Crippen molar-refractivity contribution in [2.45, 2.75) is 26.8 Å². The van der Waals surface area contributed by atoms with Crippen molar-refractivity contribution in [1.82, 2.24) is 15.8 Å². The van der Waals surface area contributed by atoms with Gasteiger partial charge < -0.3 is 15.6 Å². The van der Waals surface area contributed by atoms with Crippen molar-refractivity contribution in [3.8, 4) is 0 Å². The van der Waals surface area contributed by atoms with Crippen molar-refractivity contribution >= 4 is 11.9 Å². The number of nitrogens with zero attached hydrogens (tertiary/aromatic N) is 1. The second kappa shape index (κ2) is 5.44. The summed E-state index contributed by atoms with van der Waals surface area (Å²) in [4.78, 5) is 21.6. The zero-order valence-corrected chi connectivity index (χ0v) is 10.0. The van der Waals surface area contributed by atoms with Crippen molar-refractivity contribution in [2.24, 2.45) is 5.73 Å². The van der Waals surface area contributed by atoms with Gasteiger partial charge in [-0.05, 0) is 20.8 Å². The molecule has 1 heterocycles. The first-order chi connectivity index (χ1) is 7.91. The van der Waals surface area contributed by atoms with Gasteiger partial charge in [-0.15, -0.1) is 0 Å². The predicted molar refractivity (Wildman–Crippen MR) is 60.1 cm³/mol. The van der Waals surface area contributed by atoms with Crippen LogP contribution in [0.1, 0.15) is 30.0 Å². The second-order valence-electron chi connectivity index (χ2n) is 3.75. The third-order valence-corrected chi connectivity index (χ3v) is 2.35. The Labute approximate surface area is 98.7 Å². The summed E-state index contributed by atoms with van der Waals surface area (Å²) in [5, 5.41) is 8.75. The molecule has 0 spiro atoms. The maximum atomic E-state index is 11.2. The molecule has 1 aromatic heterocycles. The van der Waals surface area contributed by atoms with Gasteiger partial charge in [-0.3, -0.25) is 10.1 Å². The van der Waals surface area contributed by atoms with Crippen LogP contribution in [0.15, 0.2) is 4.52 Å². The number of hydrogen-bond acceptors (Lipinski definition) is 5. The molecule has 1 aromatic rings. The lowest BCUT2D eigenvalue weighted by atomic mass is 10.1. The molecule has 1 atom stereocenters. The van der Waals surface area contributed by atoms with Crippen molar-refractivity contribution in [3.63, 3.8) is 0 Å². The molecule has 0 aliphatic heterocycles. The molecule has 0 aliphatic carbocycles. The number of primary amides is 1. The van der Waals surface area contributed by atoms with Gasteiger partial charge in [0.25, 0.3) is 0 Å². The second-order valence-corrected chi connectivity index (χ2v) is 3.75. The normalized spacial score (nSPS) is 12.2. The van der Waals surface area contributed by atoms with Crippen molar-refractivity contribution < 1.29 is 14.1 Å². The number of hydrogen-bond donors (Lipinski definition) is 3. The number of nitrogens with one attached hydrogen (secondary N) is 2. The molecule has 7 nitrogen and oxygen atoms in total. The number of carbonyl (C=O) groups is 2. The Balaban J connectivity index is 2.53. The fourth-order valence-corrected chi connectivity index (χ4v) is 1.64. The minimum Gasteiger partial charge on any atom is -0.361 e. The lowest BCUT2D eigenvalue weighted by Gasteiger charge is -2.12. The highest BCUT2D eigenvalue weighted by molar-refractivity contribution is 5.94. The van der Waals surface area contributed by atoms with Gasteiger partial charge in [-0.1, -0.05) is 5.16 Å². The van der Waals surface area contributed by atoms with Gasteiger partial charge in [0.15, 0.2) is 0 Å². The SMILES string of the molecule is Cc1noc(C)c1C(C)NCC(=O)NC(N)=O. The van der Waals surface area contributed by atoms with Crippen molar-refractivity contribution in [2.75, 3.05) is 6.54 Å². The van der Waals surface area contributed by atoms with Gasteiger partial charge in [0.1, 0.15) is 5.76 Å². The third kappa shape index (κ3) is 3.56. The van der Waals surface area contributed by atoms with E-state index in [1.54, 1.807) is 6.92 Å². The topological polar surface area (TPSA) is 110 Å². The molecule has 1 unspecified atom stereocenters. The van der Waals surface area contributed by atoms with Crippen LogP contribution >= 0.6 is 0 Å². The number of nitrogens with two attached hydrogens (primary N) is 1. The number of aromatic nitrogens is 1. The highest BCUT2D eigenvalue weighted by Crippen LogP contribution is 2.20. The molecule has 4 N–H and O–H groups in total. The first kappa shape index (κ1) is 13.2. The summed E-state index contributed by atoms with van der Waals surface area (Å²) >= 11 is 0. The molecular weight excluding hydrogens is 224 g/mol. The summed E-state index contributed by atoms with van der Waals surface area (Å²) in [6.45, 7) is 5.50. The summed E-state index contributed by atoms with van der Waals surface area (Å²) in [6.07, 6.45) is 0. The van der Waals surface area contributed by atoms with Crippen LogP contribution in [0.25, 0.3) is 0 Å². The van der Waals surface area contributed by atoms with E-state index in [2.05, 4.69) is 10.5 Å². The number of imide groups is 1. The first-order valence-corrected chi connectivity index (χ1v) is 5.17. The number of aryl methyl sites for hydroxylation is 2. The zero-order valence-electron chi connectivity index (χ0n) is 10.0. The summed E-state index contributed by atoms with van der Waals surface area (Å²) in [7, 11) is 0. The zero-order chi connectivity index (χ0) is 13.0. The lowest BCUT2D eigenvalue weighted by Crippen LogP contribution is -2.41. The average molecular weight is 240 g/mol. The summed E-state index contributed by atoms with van der Waals surface area (Å²) in [5.41, 5.74) is 6.51. The molecule has 0 bridgehead atoms. The van der Waals surface area contributed by atoms with Gasteiger partial charge in [-0.2, -0.15) is 0 Å². The van der Waals surface area contributed by atoms with Crippen molar-refractivity contribution in [1.29, 1.82) is 0 Å². The quantitative estimate of drug-likeness (QED) is 0.693. The highest BCUT2D eigenvalue weighted by Gasteiger charge is 2.16. The van der Waals surface area contributed by atoms with Gasteiger partial charge in [0, 0.05) is 11.6 Å². The van der Waals surface area contributed by atoms with E-state index in [4.69, 9.17) is 10.3 Å². The molecule has 0 saturated carbocycles. The number of rotatable bonds is 4. The van der Waals surface area contributed by atoms with E-state index in [0.717, 1.165) is 11.3 Å². The summed E-state index contributed by atoms with van der Waals surface area (Å²) < 4.78 is 5.02. The van der Waals surface area contributed by atoms with E-state index >= 15 is 0 Å². The Morgan fingerprint density at radius 2 is 2.12 bits per heavy atom. The first-order valence-electron chi connectivity index (χ1n) is 5.17. The fourth-order valence-electron chi connectivity index (χ4n) is 1.64. The van der Waals surface area contributed by atoms with E-state index in [1.165, 1.54) is 0 Å². The fraction of sp³-hybridized carbons (Fsp3) is 0.500. The molecule has 3 amide bonds. The predicted octanol–water partition coefficient (Wildman–Crippen LogP) is 0.137. The number of amides is 3. The standard InChI is InChI=1S/C10H16N4O3/c1-5(9-6(2)14-17-7(9)3)12-4-8(15)13-10(11)16/h5,12H,4H2,1-3H3,(H3,11,13,15,16). The smallest absolute Gasteiger partial charge is 0.318 e. The monoisotopic (exact) mass is 240 g/mol. The van der Waals surface area contributed by atoms with Crippen LogP contribution in [0.3, 0.4) is 0 Å². The van der Waals surface area contributed by atoms with E-state index in [0.29, 0.717) is 5.76 Å². The van der Waals surface area contributed by atoms with Gasteiger partial charge in [0.2, 0.25) is 5.91 Å². The molecule has 1 rings (SSSR count). The average Bonchev–Trinajstić information content (AvgIpc) is 2.54. The van der Waals surface area contributed by atoms with Crippen LogP contribution in [-0.4, -0.2) is 23.6 Å². The highest BCUT2D eigenvalue weighted by atomic mass is 16.5. The van der Waals surface area contributed by atoms with Crippen molar-refractivity contribution in [3.05, 3.63) is 17.0 Å². The molecular formula is C10H16N4O3. The molecule has 17 heavy (non-hydrogen) atoms. The summed E-state index contributed by atoms with van der Waals surface area (Å²) in [5.74, 6) is 0.230. The minimum atomic E-state index is -0.859. The van der Waals surface area contributed by atoms with Crippen LogP contribution in [0.4, 0.5) is 4.79 Å². The van der Waals surface area contributed by atoms with Crippen LogP contribution in [0.5, 0.6) is 0 Å². The van der Waals surface area contributed by atoms with E-state index in [-0.39, 0.29) is 12.6 Å². The Morgan fingerprint density at radius 3 is 2.59 bits per heavy atom. The number of urea groups is 1. The Morgan fingerprint density at radius 1 is 1.47 bits per heavy atom. The van der Waals surface area contributed by atoms with Gasteiger partial charge >= 0.3 is 6.03 Å². The van der Waals surface area contributed by atoms with Gasteiger partial charge in [0.05, 0.1) is 12.2 Å². The Bertz CT molecular complexity index is 408. The van der Waals surface area contributed by atoms with E-state index in [1.807, 2.05) is 19.2 Å².